The average Bonchev–Trinajstić information content (AvgIpc) is 3.16. The highest BCUT2D eigenvalue weighted by atomic mass is 32.2. The minimum atomic E-state index is -3.78. The van der Waals surface area contributed by atoms with Gasteiger partial charge in [0, 0.05) is 25.2 Å². The molecule has 3 aromatic rings. The van der Waals surface area contributed by atoms with E-state index in [0.717, 1.165) is 4.31 Å². The lowest BCUT2D eigenvalue weighted by Crippen LogP contribution is -2.26. The van der Waals surface area contributed by atoms with Crippen molar-refractivity contribution >= 4 is 21.6 Å². The first-order valence-corrected chi connectivity index (χ1v) is 10.0. The molecule has 1 aromatic heterocycles. The average molecular weight is 416 g/mol. The van der Waals surface area contributed by atoms with E-state index in [-0.39, 0.29) is 23.2 Å². The molecule has 0 bridgehead atoms. The molecule has 0 saturated carbocycles. The van der Waals surface area contributed by atoms with Gasteiger partial charge in [-0.1, -0.05) is 17.3 Å². The summed E-state index contributed by atoms with van der Waals surface area (Å²) in [5.41, 5.74) is 1.21. The smallest absolute Gasteiger partial charge is 0.243 e. The van der Waals surface area contributed by atoms with Gasteiger partial charge in [-0.2, -0.15) is 9.29 Å². The number of benzene rings is 2. The number of aromatic nitrogens is 2. The van der Waals surface area contributed by atoms with Crippen molar-refractivity contribution in [1.82, 2.24) is 14.4 Å². The van der Waals surface area contributed by atoms with Gasteiger partial charge in [0.2, 0.25) is 27.6 Å². The van der Waals surface area contributed by atoms with Crippen molar-refractivity contribution in [2.24, 2.45) is 0 Å². The highest BCUT2D eigenvalue weighted by Crippen LogP contribution is 2.23. The zero-order valence-electron chi connectivity index (χ0n) is 16.1. The molecule has 1 heterocycles. The number of hydrogen-bond acceptors (Lipinski definition) is 7. The predicted molar refractivity (Wildman–Crippen MR) is 106 cm³/mol. The lowest BCUT2D eigenvalue weighted by molar-refractivity contribution is -0.114. The first-order chi connectivity index (χ1) is 13.8. The Morgan fingerprint density at radius 3 is 2.59 bits per heavy atom. The highest BCUT2D eigenvalue weighted by Gasteiger charge is 2.23. The number of carbonyl (C=O) groups is 1. The number of hydrogen-bond donors (Lipinski definition) is 1. The van der Waals surface area contributed by atoms with Crippen LogP contribution >= 0.6 is 0 Å². The van der Waals surface area contributed by atoms with E-state index in [2.05, 4.69) is 15.5 Å². The molecular formula is C19H20N4O5S. The molecule has 152 valence electrons. The van der Waals surface area contributed by atoms with Crippen LogP contribution in [0.1, 0.15) is 12.8 Å². The molecule has 0 aliphatic rings. The fourth-order valence-corrected chi connectivity index (χ4v) is 3.69. The molecule has 0 saturated heterocycles. The third-order valence-corrected chi connectivity index (χ3v) is 5.85. The fraction of sp³-hybridized carbons (Fsp3) is 0.211. The molecule has 0 atom stereocenters. The maximum Gasteiger partial charge on any atom is 0.243 e. The zero-order valence-corrected chi connectivity index (χ0v) is 16.9. The summed E-state index contributed by atoms with van der Waals surface area (Å²) in [6.07, 6.45) is 0. The number of nitrogens with one attached hydrogen (secondary N) is 1. The van der Waals surface area contributed by atoms with Gasteiger partial charge in [0.25, 0.3) is 0 Å². The second-order valence-corrected chi connectivity index (χ2v) is 8.26. The van der Waals surface area contributed by atoms with Crippen molar-refractivity contribution in [3.63, 3.8) is 0 Å². The van der Waals surface area contributed by atoms with Gasteiger partial charge >= 0.3 is 0 Å². The fourth-order valence-electron chi connectivity index (χ4n) is 2.57. The van der Waals surface area contributed by atoms with Gasteiger partial charge in [-0.05, 0) is 36.4 Å². The van der Waals surface area contributed by atoms with Gasteiger partial charge in [-0.15, -0.1) is 0 Å². The highest BCUT2D eigenvalue weighted by molar-refractivity contribution is 7.89. The van der Waals surface area contributed by atoms with Crippen LogP contribution in [0, 0.1) is 0 Å². The molecule has 10 heteroatoms. The molecule has 3 rings (SSSR count). The maximum absolute atomic E-state index is 12.8. The minimum Gasteiger partial charge on any atom is -0.497 e. The Hall–Kier alpha value is -3.24. The van der Waals surface area contributed by atoms with Gasteiger partial charge in [-0.25, -0.2) is 8.42 Å². The SMILES string of the molecule is COc1cccc(-c2noc(CN(C)S(=O)(=O)c3ccc(NC(C)=O)cc3)n2)c1. The summed E-state index contributed by atoms with van der Waals surface area (Å²) in [5.74, 6) is 0.908. The van der Waals surface area contributed by atoms with Gasteiger partial charge in [0.15, 0.2) is 0 Å². The number of carbonyl (C=O) groups excluding carboxylic acids is 1. The summed E-state index contributed by atoms with van der Waals surface area (Å²) >= 11 is 0. The Labute approximate surface area is 168 Å². The Bertz CT molecular complexity index is 1110. The standard InChI is InChI=1S/C19H20N4O5S/c1-13(24)20-15-7-9-17(10-8-15)29(25,26)23(2)12-18-21-19(22-28-18)14-5-4-6-16(11-14)27-3/h4-11H,12H2,1-3H3,(H,20,24). The van der Waals surface area contributed by atoms with E-state index in [1.54, 1.807) is 31.4 Å². The number of ether oxygens (including phenoxy) is 1. The molecule has 0 unspecified atom stereocenters. The molecule has 29 heavy (non-hydrogen) atoms. The molecule has 0 radical (unpaired) electrons. The van der Waals surface area contributed by atoms with Gasteiger partial charge < -0.3 is 14.6 Å². The Balaban J connectivity index is 1.74. The quantitative estimate of drug-likeness (QED) is 0.629. The number of anilines is 1. The first kappa shape index (κ1) is 20.5. The minimum absolute atomic E-state index is 0.0848. The van der Waals surface area contributed by atoms with Crippen LogP contribution in [0.4, 0.5) is 5.69 Å². The molecule has 0 aliphatic carbocycles. The molecule has 0 spiro atoms. The molecular weight excluding hydrogens is 396 g/mol. The maximum atomic E-state index is 12.8. The van der Waals surface area contributed by atoms with Gasteiger partial charge in [-0.3, -0.25) is 4.79 Å². The van der Waals surface area contributed by atoms with Crippen LogP contribution in [0.15, 0.2) is 57.9 Å². The summed E-state index contributed by atoms with van der Waals surface area (Å²) in [5, 5.41) is 6.49. The number of sulfonamides is 1. The monoisotopic (exact) mass is 416 g/mol. The summed E-state index contributed by atoms with van der Waals surface area (Å²) in [4.78, 5) is 15.4. The van der Waals surface area contributed by atoms with Crippen LogP contribution in [0.5, 0.6) is 5.75 Å². The van der Waals surface area contributed by atoms with Crippen LogP contribution in [0.25, 0.3) is 11.4 Å². The zero-order chi connectivity index (χ0) is 21.0. The van der Waals surface area contributed by atoms with E-state index < -0.39 is 10.0 Å². The van der Waals surface area contributed by atoms with Crippen molar-refractivity contribution in [3.05, 3.63) is 54.4 Å². The molecule has 0 fully saturated rings. The lowest BCUT2D eigenvalue weighted by atomic mass is 10.2. The van der Waals surface area contributed by atoms with Crippen molar-refractivity contribution in [3.8, 4) is 17.1 Å². The Morgan fingerprint density at radius 1 is 1.21 bits per heavy atom. The van der Waals surface area contributed by atoms with Crippen molar-refractivity contribution in [1.29, 1.82) is 0 Å². The van der Waals surface area contributed by atoms with E-state index in [9.17, 15) is 13.2 Å². The van der Waals surface area contributed by atoms with Crippen LogP contribution in [-0.4, -0.2) is 42.9 Å². The molecule has 0 aliphatic heterocycles. The number of methoxy groups -OCH3 is 1. The van der Waals surface area contributed by atoms with E-state index in [4.69, 9.17) is 9.26 Å². The van der Waals surface area contributed by atoms with Crippen LogP contribution < -0.4 is 10.1 Å². The molecule has 1 N–H and O–H groups in total. The van der Waals surface area contributed by atoms with E-state index >= 15 is 0 Å². The van der Waals surface area contributed by atoms with Crippen molar-refractivity contribution in [2.75, 3.05) is 19.5 Å². The number of rotatable bonds is 7. The Kier molecular flexibility index (Phi) is 5.95. The van der Waals surface area contributed by atoms with Gasteiger partial charge in [0.1, 0.15) is 5.75 Å². The van der Waals surface area contributed by atoms with Gasteiger partial charge in [0.05, 0.1) is 18.6 Å². The molecule has 2 aromatic carbocycles. The summed E-state index contributed by atoms with van der Waals surface area (Å²) in [6, 6.07) is 13.0. The largest absolute Gasteiger partial charge is 0.497 e. The third kappa shape index (κ3) is 4.79. The summed E-state index contributed by atoms with van der Waals surface area (Å²) < 4.78 is 37.0. The molecule has 9 nitrogen and oxygen atoms in total. The van der Waals surface area contributed by atoms with E-state index in [1.807, 2.05) is 0 Å². The second kappa shape index (κ2) is 8.41. The predicted octanol–water partition coefficient (Wildman–Crippen LogP) is 2.52. The van der Waals surface area contributed by atoms with E-state index in [1.165, 1.54) is 38.2 Å². The lowest BCUT2D eigenvalue weighted by Gasteiger charge is -2.15. The topological polar surface area (TPSA) is 115 Å². The third-order valence-electron chi connectivity index (χ3n) is 4.04. The number of amides is 1. The van der Waals surface area contributed by atoms with Crippen LogP contribution in [0.3, 0.4) is 0 Å². The van der Waals surface area contributed by atoms with Crippen LogP contribution in [0.2, 0.25) is 0 Å². The normalized spacial score (nSPS) is 11.4. The van der Waals surface area contributed by atoms with Crippen molar-refractivity contribution < 1.29 is 22.5 Å². The van der Waals surface area contributed by atoms with Crippen molar-refractivity contribution in [2.45, 2.75) is 18.4 Å². The number of nitrogens with zero attached hydrogens (tertiary/aromatic N) is 3. The Morgan fingerprint density at radius 2 is 1.93 bits per heavy atom. The second-order valence-electron chi connectivity index (χ2n) is 6.21. The van der Waals surface area contributed by atoms with E-state index in [0.29, 0.717) is 22.8 Å². The first-order valence-electron chi connectivity index (χ1n) is 8.60. The summed E-state index contributed by atoms with van der Waals surface area (Å²) in [6.45, 7) is 1.29. The summed E-state index contributed by atoms with van der Waals surface area (Å²) in [7, 11) is -0.794. The molecule has 1 amide bonds. The van der Waals surface area contributed by atoms with Crippen LogP contribution in [-0.2, 0) is 21.4 Å².